The molecule has 1 atom stereocenters. The van der Waals surface area contributed by atoms with E-state index in [4.69, 9.17) is 0 Å². The van der Waals surface area contributed by atoms with Crippen LogP contribution in [0.1, 0.15) is 5.56 Å². The molecule has 4 aromatic rings. The second kappa shape index (κ2) is 9.33. The Bertz CT molecular complexity index is 1080. The summed E-state index contributed by atoms with van der Waals surface area (Å²) in [7, 11) is 1.91. The van der Waals surface area contributed by atoms with Gasteiger partial charge in [0, 0.05) is 36.9 Å². The Hall–Kier alpha value is -3.51. The average molecular weight is 415 g/mol. The number of aromatic nitrogens is 2. The van der Waals surface area contributed by atoms with Crippen LogP contribution in [0.5, 0.6) is 0 Å². The summed E-state index contributed by atoms with van der Waals surface area (Å²) in [6.07, 6.45) is 4.11. The molecule has 0 saturated carbocycles. The first-order valence-electron chi connectivity index (χ1n) is 9.67. The van der Waals surface area contributed by atoms with Crippen molar-refractivity contribution in [3.05, 3.63) is 95.6 Å². The summed E-state index contributed by atoms with van der Waals surface area (Å²) < 4.78 is 0. The van der Waals surface area contributed by atoms with Gasteiger partial charge in [0.2, 0.25) is 5.91 Å². The molecule has 2 aromatic carbocycles. The van der Waals surface area contributed by atoms with Crippen molar-refractivity contribution in [3.8, 4) is 11.1 Å². The first-order chi connectivity index (χ1) is 14.7. The summed E-state index contributed by atoms with van der Waals surface area (Å²) in [5.41, 5.74) is 5.73. The van der Waals surface area contributed by atoms with Crippen LogP contribution in [-0.4, -0.2) is 29.0 Å². The molecule has 0 fully saturated rings. The van der Waals surface area contributed by atoms with Crippen molar-refractivity contribution in [2.45, 2.75) is 12.5 Å². The van der Waals surface area contributed by atoms with Crippen LogP contribution >= 0.6 is 11.3 Å². The van der Waals surface area contributed by atoms with Gasteiger partial charge < -0.3 is 10.2 Å². The second-order valence-electron chi connectivity index (χ2n) is 6.97. The van der Waals surface area contributed by atoms with Gasteiger partial charge >= 0.3 is 0 Å². The lowest BCUT2D eigenvalue weighted by Gasteiger charge is -2.27. The molecule has 0 spiro atoms. The van der Waals surface area contributed by atoms with Crippen LogP contribution in [0.25, 0.3) is 11.1 Å². The third kappa shape index (κ3) is 4.72. The van der Waals surface area contributed by atoms with Gasteiger partial charge in [-0.15, -0.1) is 11.3 Å². The molecule has 30 heavy (non-hydrogen) atoms. The predicted molar refractivity (Wildman–Crippen MR) is 123 cm³/mol. The first kappa shape index (κ1) is 19.8. The summed E-state index contributed by atoms with van der Waals surface area (Å²) in [6.45, 7) is 0. The molecule has 5 nitrogen and oxygen atoms in total. The standard InChI is InChI=1S/C24H22N4OS/c1-28(23-16-30-17-26-23)22(14-18-6-3-2-4-7-18)24(29)27-21-9-5-8-20(15-21)19-10-12-25-13-11-19/h2-13,15-17,22H,14H2,1H3,(H,27,29)/t22-/m0/s1. The fourth-order valence-electron chi connectivity index (χ4n) is 3.33. The van der Waals surface area contributed by atoms with E-state index >= 15 is 0 Å². The van der Waals surface area contributed by atoms with E-state index in [1.165, 1.54) is 11.3 Å². The largest absolute Gasteiger partial charge is 0.347 e. The molecule has 0 aliphatic heterocycles. The zero-order valence-electron chi connectivity index (χ0n) is 16.6. The van der Waals surface area contributed by atoms with Crippen molar-refractivity contribution in [3.63, 3.8) is 0 Å². The van der Waals surface area contributed by atoms with Crippen molar-refractivity contribution >= 4 is 28.7 Å². The highest BCUT2D eigenvalue weighted by Gasteiger charge is 2.25. The van der Waals surface area contributed by atoms with E-state index in [1.807, 2.05) is 84.1 Å². The molecule has 2 aromatic heterocycles. The zero-order valence-corrected chi connectivity index (χ0v) is 17.4. The number of rotatable bonds is 7. The minimum Gasteiger partial charge on any atom is -0.347 e. The summed E-state index contributed by atoms with van der Waals surface area (Å²) >= 11 is 1.52. The fraction of sp³-hybridized carbons (Fsp3) is 0.125. The number of carbonyl (C=O) groups is 1. The number of likely N-dealkylation sites (N-methyl/N-ethyl adjacent to an activating group) is 1. The highest BCUT2D eigenvalue weighted by Crippen LogP contribution is 2.23. The Kier molecular flexibility index (Phi) is 6.15. The third-order valence-electron chi connectivity index (χ3n) is 4.97. The predicted octanol–water partition coefficient (Wildman–Crippen LogP) is 4.89. The molecule has 2 heterocycles. The van der Waals surface area contributed by atoms with Crippen LogP contribution in [0, 0.1) is 0 Å². The Balaban J connectivity index is 1.57. The maximum absolute atomic E-state index is 13.3. The molecule has 1 N–H and O–H groups in total. The van der Waals surface area contributed by atoms with E-state index in [-0.39, 0.29) is 11.9 Å². The van der Waals surface area contributed by atoms with Crippen molar-refractivity contribution < 1.29 is 4.79 Å². The summed E-state index contributed by atoms with van der Waals surface area (Å²) in [6, 6.07) is 21.4. The van der Waals surface area contributed by atoms with E-state index in [2.05, 4.69) is 15.3 Å². The Morgan fingerprint density at radius 3 is 2.57 bits per heavy atom. The Morgan fingerprint density at radius 2 is 1.83 bits per heavy atom. The highest BCUT2D eigenvalue weighted by atomic mass is 32.1. The summed E-state index contributed by atoms with van der Waals surface area (Å²) in [5.74, 6) is 0.725. The molecular formula is C24H22N4OS. The van der Waals surface area contributed by atoms with Crippen molar-refractivity contribution in [2.24, 2.45) is 0 Å². The number of thiazole rings is 1. The maximum atomic E-state index is 13.3. The van der Waals surface area contributed by atoms with Crippen LogP contribution < -0.4 is 10.2 Å². The Labute approximate surface area is 180 Å². The van der Waals surface area contributed by atoms with E-state index in [0.29, 0.717) is 6.42 Å². The Morgan fingerprint density at radius 1 is 1.03 bits per heavy atom. The summed E-state index contributed by atoms with van der Waals surface area (Å²) in [5, 5.41) is 5.05. The number of pyridine rings is 1. The van der Waals surface area contributed by atoms with Gasteiger partial charge in [-0.05, 0) is 41.0 Å². The van der Waals surface area contributed by atoms with Gasteiger partial charge in [-0.2, -0.15) is 0 Å². The molecule has 0 aliphatic rings. The fourth-order valence-corrected chi connectivity index (χ4v) is 3.91. The van der Waals surface area contributed by atoms with Gasteiger partial charge in [0.25, 0.3) is 0 Å². The van der Waals surface area contributed by atoms with E-state index in [0.717, 1.165) is 28.2 Å². The van der Waals surface area contributed by atoms with Crippen molar-refractivity contribution in [1.82, 2.24) is 9.97 Å². The SMILES string of the molecule is CN(c1cscn1)[C@@H](Cc1ccccc1)C(=O)Nc1cccc(-c2ccncc2)c1. The minimum absolute atomic E-state index is 0.0683. The molecule has 150 valence electrons. The number of hydrogen-bond donors (Lipinski definition) is 1. The molecule has 0 aliphatic carbocycles. The van der Waals surface area contributed by atoms with Crippen molar-refractivity contribution in [1.29, 1.82) is 0 Å². The summed E-state index contributed by atoms with van der Waals surface area (Å²) in [4.78, 5) is 23.7. The van der Waals surface area contributed by atoms with E-state index in [1.54, 1.807) is 17.9 Å². The van der Waals surface area contributed by atoms with Crippen molar-refractivity contribution in [2.75, 3.05) is 17.3 Å². The smallest absolute Gasteiger partial charge is 0.247 e. The molecule has 1 amide bonds. The number of nitrogens with zero attached hydrogens (tertiary/aromatic N) is 3. The molecule has 0 unspecified atom stereocenters. The maximum Gasteiger partial charge on any atom is 0.247 e. The number of carbonyl (C=O) groups excluding carboxylic acids is 1. The molecule has 0 radical (unpaired) electrons. The lowest BCUT2D eigenvalue weighted by molar-refractivity contribution is -0.117. The lowest BCUT2D eigenvalue weighted by atomic mass is 10.0. The van der Waals surface area contributed by atoms with Gasteiger partial charge in [-0.25, -0.2) is 4.98 Å². The van der Waals surface area contributed by atoms with Gasteiger partial charge in [-0.1, -0.05) is 42.5 Å². The number of amides is 1. The quantitative estimate of drug-likeness (QED) is 0.468. The van der Waals surface area contributed by atoms with Gasteiger partial charge in [0.05, 0.1) is 5.51 Å². The topological polar surface area (TPSA) is 58.1 Å². The van der Waals surface area contributed by atoms with Crippen LogP contribution in [-0.2, 0) is 11.2 Å². The molecule has 0 bridgehead atoms. The van der Waals surface area contributed by atoms with Crippen LogP contribution in [0.3, 0.4) is 0 Å². The number of anilines is 2. The average Bonchev–Trinajstić information content (AvgIpc) is 3.33. The minimum atomic E-state index is -0.390. The zero-order chi connectivity index (χ0) is 20.8. The second-order valence-corrected chi connectivity index (χ2v) is 7.69. The third-order valence-corrected chi connectivity index (χ3v) is 5.54. The van der Waals surface area contributed by atoms with Crippen LogP contribution in [0.4, 0.5) is 11.5 Å². The van der Waals surface area contributed by atoms with Crippen LogP contribution in [0.15, 0.2) is 90.0 Å². The number of hydrogen-bond acceptors (Lipinski definition) is 5. The van der Waals surface area contributed by atoms with Crippen LogP contribution in [0.2, 0.25) is 0 Å². The van der Waals surface area contributed by atoms with E-state index < -0.39 is 0 Å². The first-order valence-corrected chi connectivity index (χ1v) is 10.6. The van der Waals surface area contributed by atoms with E-state index in [9.17, 15) is 4.79 Å². The lowest BCUT2D eigenvalue weighted by Crippen LogP contribution is -2.43. The molecule has 4 rings (SSSR count). The molecule has 0 saturated heterocycles. The molecule has 6 heteroatoms. The van der Waals surface area contributed by atoms with Gasteiger partial charge in [-0.3, -0.25) is 9.78 Å². The van der Waals surface area contributed by atoms with Gasteiger partial charge in [0.1, 0.15) is 11.9 Å². The highest BCUT2D eigenvalue weighted by molar-refractivity contribution is 7.07. The number of benzene rings is 2. The normalized spacial score (nSPS) is 11.6. The molecular weight excluding hydrogens is 392 g/mol. The monoisotopic (exact) mass is 414 g/mol. The van der Waals surface area contributed by atoms with Gasteiger partial charge in [0.15, 0.2) is 0 Å². The number of nitrogens with one attached hydrogen (secondary N) is 1.